The summed E-state index contributed by atoms with van der Waals surface area (Å²) >= 11 is 1.88. The Hall–Kier alpha value is -0.520. The van der Waals surface area contributed by atoms with Crippen LogP contribution in [0.3, 0.4) is 0 Å². The van der Waals surface area contributed by atoms with Gasteiger partial charge in [-0.15, -0.1) is 0 Å². The van der Waals surface area contributed by atoms with E-state index in [-0.39, 0.29) is 6.04 Å². The quantitative estimate of drug-likeness (QED) is 0.549. The second-order valence-electron chi connectivity index (χ2n) is 3.36. The Labute approximate surface area is 95.6 Å². The minimum absolute atomic E-state index is 0.198. The molecule has 1 rings (SSSR count). The molecule has 1 unspecified atom stereocenters. The Morgan fingerprint density at radius 1 is 1.60 bits per heavy atom. The van der Waals surface area contributed by atoms with Gasteiger partial charge >= 0.3 is 0 Å². The fourth-order valence-corrected chi connectivity index (χ4v) is 2.23. The fourth-order valence-electron chi connectivity index (χ4n) is 1.49. The molecular formula is C10H20N4S. The molecule has 0 fully saturated rings. The van der Waals surface area contributed by atoms with Crippen LogP contribution in [-0.4, -0.2) is 21.3 Å². The maximum atomic E-state index is 5.57. The molecule has 0 aromatic carbocycles. The van der Waals surface area contributed by atoms with Crippen LogP contribution >= 0.6 is 11.8 Å². The molecule has 1 aromatic heterocycles. The molecule has 4 nitrogen and oxygen atoms in total. The van der Waals surface area contributed by atoms with Gasteiger partial charge in [-0.2, -0.15) is 16.9 Å². The van der Waals surface area contributed by atoms with Crippen LogP contribution in [0.2, 0.25) is 0 Å². The van der Waals surface area contributed by atoms with Gasteiger partial charge in [0.05, 0.1) is 11.7 Å². The summed E-state index contributed by atoms with van der Waals surface area (Å²) in [6, 6.07) is 2.24. The molecule has 0 amide bonds. The molecule has 0 radical (unpaired) electrons. The second-order valence-corrected chi connectivity index (χ2v) is 4.68. The summed E-state index contributed by atoms with van der Waals surface area (Å²) in [6.07, 6.45) is 2.93. The van der Waals surface area contributed by atoms with E-state index in [0.29, 0.717) is 0 Å². The van der Waals surface area contributed by atoms with E-state index in [0.717, 1.165) is 24.5 Å². The molecule has 1 aromatic rings. The molecule has 86 valence electrons. The SMILES string of the molecule is CCCn1nccc1C(CSCC)NN. The number of thioether (sulfide) groups is 1. The maximum Gasteiger partial charge on any atom is 0.0719 e. The van der Waals surface area contributed by atoms with E-state index in [1.165, 1.54) is 5.69 Å². The van der Waals surface area contributed by atoms with Crippen LogP contribution in [0, 0.1) is 0 Å². The summed E-state index contributed by atoms with van der Waals surface area (Å²) in [4.78, 5) is 0. The molecule has 0 saturated heterocycles. The lowest BCUT2D eigenvalue weighted by molar-refractivity contribution is 0.508. The number of aromatic nitrogens is 2. The van der Waals surface area contributed by atoms with Crippen molar-refractivity contribution in [2.75, 3.05) is 11.5 Å². The number of rotatable bonds is 7. The lowest BCUT2D eigenvalue weighted by Crippen LogP contribution is -2.31. The Morgan fingerprint density at radius 2 is 2.40 bits per heavy atom. The number of hydrogen-bond donors (Lipinski definition) is 2. The Morgan fingerprint density at radius 3 is 3.00 bits per heavy atom. The fraction of sp³-hybridized carbons (Fsp3) is 0.700. The largest absolute Gasteiger partial charge is 0.271 e. The van der Waals surface area contributed by atoms with Gasteiger partial charge in [0, 0.05) is 18.5 Å². The van der Waals surface area contributed by atoms with Crippen molar-refractivity contribution in [1.82, 2.24) is 15.2 Å². The van der Waals surface area contributed by atoms with E-state index >= 15 is 0 Å². The van der Waals surface area contributed by atoms with Crippen LogP contribution in [0.5, 0.6) is 0 Å². The van der Waals surface area contributed by atoms with E-state index in [9.17, 15) is 0 Å². The molecule has 1 heterocycles. The third-order valence-corrected chi connectivity index (χ3v) is 3.21. The van der Waals surface area contributed by atoms with Gasteiger partial charge in [0.25, 0.3) is 0 Å². The van der Waals surface area contributed by atoms with E-state index in [1.54, 1.807) is 0 Å². The lowest BCUT2D eigenvalue weighted by atomic mass is 10.2. The summed E-state index contributed by atoms with van der Waals surface area (Å²) < 4.78 is 2.03. The maximum absolute atomic E-state index is 5.57. The second kappa shape index (κ2) is 6.87. The van der Waals surface area contributed by atoms with Crippen LogP contribution in [0.1, 0.15) is 32.0 Å². The highest BCUT2D eigenvalue weighted by Crippen LogP contribution is 2.17. The number of nitrogens with one attached hydrogen (secondary N) is 1. The van der Waals surface area contributed by atoms with Crippen molar-refractivity contribution in [3.63, 3.8) is 0 Å². The van der Waals surface area contributed by atoms with Crippen LogP contribution in [0.25, 0.3) is 0 Å². The summed E-state index contributed by atoms with van der Waals surface area (Å²) in [6.45, 7) is 5.26. The molecule has 0 aliphatic rings. The molecule has 1 atom stereocenters. The van der Waals surface area contributed by atoms with E-state index in [1.807, 2.05) is 28.7 Å². The minimum Gasteiger partial charge on any atom is -0.271 e. The highest BCUT2D eigenvalue weighted by molar-refractivity contribution is 7.99. The first-order chi connectivity index (χ1) is 7.33. The Bertz CT molecular complexity index is 274. The highest BCUT2D eigenvalue weighted by Gasteiger charge is 2.13. The van der Waals surface area contributed by atoms with Gasteiger partial charge in [-0.25, -0.2) is 0 Å². The number of nitrogens with two attached hydrogens (primary N) is 1. The van der Waals surface area contributed by atoms with Gasteiger partial charge in [0.1, 0.15) is 0 Å². The molecule has 0 spiro atoms. The summed E-state index contributed by atoms with van der Waals surface area (Å²) in [5, 5.41) is 4.29. The first kappa shape index (κ1) is 12.5. The van der Waals surface area contributed by atoms with Gasteiger partial charge < -0.3 is 0 Å². The molecule has 0 aliphatic carbocycles. The van der Waals surface area contributed by atoms with Crippen molar-refractivity contribution in [3.05, 3.63) is 18.0 Å². The monoisotopic (exact) mass is 228 g/mol. The summed E-state index contributed by atoms with van der Waals surface area (Å²) in [5.41, 5.74) is 4.04. The van der Waals surface area contributed by atoms with Crippen LogP contribution in [-0.2, 0) is 6.54 Å². The zero-order chi connectivity index (χ0) is 11.1. The zero-order valence-electron chi connectivity index (χ0n) is 9.44. The standard InChI is InChI=1S/C10H20N4S/c1-3-7-14-10(5-6-12-14)9(13-11)8-15-4-2/h5-6,9,13H,3-4,7-8,11H2,1-2H3. The van der Waals surface area contributed by atoms with Crippen LogP contribution in [0.15, 0.2) is 12.3 Å². The minimum atomic E-state index is 0.198. The van der Waals surface area contributed by atoms with Gasteiger partial charge in [-0.1, -0.05) is 13.8 Å². The topological polar surface area (TPSA) is 55.9 Å². The number of hydrazine groups is 1. The van der Waals surface area contributed by atoms with Crippen molar-refractivity contribution >= 4 is 11.8 Å². The first-order valence-electron chi connectivity index (χ1n) is 5.39. The van der Waals surface area contributed by atoms with E-state index in [4.69, 9.17) is 5.84 Å². The van der Waals surface area contributed by atoms with Crippen molar-refractivity contribution < 1.29 is 0 Å². The normalized spacial score (nSPS) is 13.0. The number of hydrogen-bond acceptors (Lipinski definition) is 4. The average Bonchev–Trinajstić information content (AvgIpc) is 2.68. The molecule has 0 saturated carbocycles. The highest BCUT2D eigenvalue weighted by atomic mass is 32.2. The van der Waals surface area contributed by atoms with Crippen molar-refractivity contribution in [1.29, 1.82) is 0 Å². The smallest absolute Gasteiger partial charge is 0.0719 e. The third-order valence-electron chi connectivity index (χ3n) is 2.23. The van der Waals surface area contributed by atoms with Gasteiger partial charge in [0.15, 0.2) is 0 Å². The van der Waals surface area contributed by atoms with Crippen molar-refractivity contribution in [3.8, 4) is 0 Å². The lowest BCUT2D eigenvalue weighted by Gasteiger charge is -2.16. The zero-order valence-corrected chi connectivity index (χ0v) is 10.3. The molecular weight excluding hydrogens is 208 g/mol. The number of nitrogens with zero attached hydrogens (tertiary/aromatic N) is 2. The van der Waals surface area contributed by atoms with Gasteiger partial charge in [-0.05, 0) is 18.2 Å². The molecule has 3 N–H and O–H groups in total. The molecule has 15 heavy (non-hydrogen) atoms. The van der Waals surface area contributed by atoms with Crippen LogP contribution < -0.4 is 11.3 Å². The molecule has 0 aliphatic heterocycles. The Balaban J connectivity index is 2.67. The van der Waals surface area contributed by atoms with E-state index < -0.39 is 0 Å². The number of aryl methyl sites for hydroxylation is 1. The predicted octanol–water partition coefficient (Wildman–Crippen LogP) is 1.55. The average molecular weight is 228 g/mol. The van der Waals surface area contributed by atoms with Gasteiger partial charge in [-0.3, -0.25) is 16.0 Å². The summed E-state index contributed by atoms with van der Waals surface area (Å²) in [7, 11) is 0. The van der Waals surface area contributed by atoms with E-state index in [2.05, 4.69) is 24.4 Å². The Kier molecular flexibility index (Phi) is 5.75. The van der Waals surface area contributed by atoms with Gasteiger partial charge in [0.2, 0.25) is 0 Å². The predicted molar refractivity (Wildman–Crippen MR) is 65.6 cm³/mol. The first-order valence-corrected chi connectivity index (χ1v) is 6.54. The van der Waals surface area contributed by atoms with Crippen molar-refractivity contribution in [2.24, 2.45) is 5.84 Å². The van der Waals surface area contributed by atoms with Crippen LogP contribution in [0.4, 0.5) is 0 Å². The third kappa shape index (κ3) is 3.52. The van der Waals surface area contributed by atoms with Crippen molar-refractivity contribution in [2.45, 2.75) is 32.9 Å². The molecule has 0 bridgehead atoms. The molecule has 5 heteroatoms. The summed E-state index contributed by atoms with van der Waals surface area (Å²) in [5.74, 6) is 7.67.